The monoisotopic (exact) mass is 886 g/mol. The van der Waals surface area contributed by atoms with E-state index in [0.717, 1.165) is 39.0 Å². The summed E-state index contributed by atoms with van der Waals surface area (Å²) in [7, 11) is 0. The predicted molar refractivity (Wildman–Crippen MR) is 212 cm³/mol. The number of aryl methyl sites for hydroxylation is 1. The summed E-state index contributed by atoms with van der Waals surface area (Å²) in [5.41, 5.74) is 10.4. The van der Waals surface area contributed by atoms with Gasteiger partial charge in [-0.05, 0) is 53.0 Å². The fourth-order valence-corrected chi connectivity index (χ4v) is 9.06. The average Bonchev–Trinajstić information content (AvgIpc) is 3.80. The Morgan fingerprint density at radius 3 is 2.33 bits per heavy atom. The molecule has 6 heteroatoms. The summed E-state index contributed by atoms with van der Waals surface area (Å²) < 4.78 is 16.0. The van der Waals surface area contributed by atoms with Crippen molar-refractivity contribution in [2.24, 2.45) is 10.9 Å². The van der Waals surface area contributed by atoms with E-state index in [0.29, 0.717) is 23.3 Å². The van der Waals surface area contributed by atoms with Crippen molar-refractivity contribution in [1.29, 1.82) is 0 Å². The van der Waals surface area contributed by atoms with Crippen LogP contribution in [0.1, 0.15) is 79.9 Å². The summed E-state index contributed by atoms with van der Waals surface area (Å²) in [4.78, 5) is 10.3. The van der Waals surface area contributed by atoms with Crippen molar-refractivity contribution in [3.05, 3.63) is 155 Å². The van der Waals surface area contributed by atoms with Crippen LogP contribution in [0.2, 0.25) is 0 Å². The van der Waals surface area contributed by atoms with Crippen LogP contribution in [0.25, 0.3) is 38.8 Å². The third kappa shape index (κ3) is 5.71. The summed E-state index contributed by atoms with van der Waals surface area (Å²) in [5, 5.41) is 2.34. The number of aliphatic imine (C=N–C) groups is 1. The first-order valence-electron chi connectivity index (χ1n) is 19.0. The Kier molecular flexibility index (Phi) is 8.82. The number of nitrogens with zero attached hydrogens (tertiary/aromatic N) is 3. The molecule has 1 fully saturated rings. The summed E-state index contributed by atoms with van der Waals surface area (Å²) in [6.45, 7) is 6.71. The van der Waals surface area contributed by atoms with Crippen LogP contribution in [0.5, 0.6) is 11.5 Å². The van der Waals surface area contributed by atoms with E-state index in [-0.39, 0.29) is 38.6 Å². The van der Waals surface area contributed by atoms with E-state index in [9.17, 15) is 0 Å². The summed E-state index contributed by atoms with van der Waals surface area (Å²) in [5.74, 6) is 2.38. The molecule has 0 N–H and O–H groups in total. The zero-order valence-corrected chi connectivity index (χ0v) is 33.0. The molecule has 0 amide bonds. The van der Waals surface area contributed by atoms with Crippen LogP contribution in [0, 0.1) is 25.0 Å². The molecule has 0 spiro atoms. The molecule has 10 rings (SSSR count). The second kappa shape index (κ2) is 13.7. The Bertz CT molecular complexity index is 2550. The largest absolute Gasteiger partial charge is 2.00 e. The number of fused-ring (bicyclic) bond motifs is 5. The molecule has 54 heavy (non-hydrogen) atoms. The standard InChI is InChI=1S/C48H41N3O2.Pt/c1-30-25-40-41(51-44-37(38-22-14-24-49-46(38)51)21-13-23-39(44)48(40,2)3)29-42(30)52-36-27-34(31-15-7-4-8-16-31)26-35(28-36)47-50-43(32-17-9-5-10-18-32)45(53-47)33-19-11-6-12-20-33;/h4,6-8,11-16,19-27,32,43,45H,5,9-10,17-18H2,1-3H3;/q-2;+2/t43-,45-;/m1./s1. The number of aromatic nitrogens is 2. The van der Waals surface area contributed by atoms with Crippen LogP contribution >= 0.6 is 0 Å². The van der Waals surface area contributed by atoms with Gasteiger partial charge in [-0.1, -0.05) is 148 Å². The fraction of sp³-hybridized carbons (Fsp3) is 0.250. The molecule has 5 nitrogen and oxygen atoms in total. The van der Waals surface area contributed by atoms with Crippen molar-refractivity contribution in [1.82, 2.24) is 9.55 Å². The molecule has 2 atom stereocenters. The Hall–Kier alpha value is -4.99. The van der Waals surface area contributed by atoms with Crippen LogP contribution in [0.15, 0.2) is 120 Å². The molecule has 5 aromatic carbocycles. The fourth-order valence-electron chi connectivity index (χ4n) is 9.06. The normalized spacial score (nSPS) is 18.8. The minimum Gasteiger partial charge on any atom is -0.510 e. The topological polar surface area (TPSA) is 48.6 Å². The van der Waals surface area contributed by atoms with E-state index in [1.165, 1.54) is 59.7 Å². The molecule has 7 aromatic rings. The molecular weight excluding hydrogens is 846 g/mol. The van der Waals surface area contributed by atoms with Gasteiger partial charge in [0.15, 0.2) is 0 Å². The first kappa shape index (κ1) is 34.8. The van der Waals surface area contributed by atoms with Gasteiger partial charge in [-0.25, -0.2) is 4.98 Å². The van der Waals surface area contributed by atoms with Crippen LogP contribution in [-0.4, -0.2) is 21.5 Å². The zero-order chi connectivity index (χ0) is 35.7. The molecule has 1 saturated carbocycles. The summed E-state index contributed by atoms with van der Waals surface area (Å²) >= 11 is 0. The first-order valence-corrected chi connectivity index (χ1v) is 19.0. The Balaban J connectivity index is 0.00000384. The van der Waals surface area contributed by atoms with Gasteiger partial charge in [0.05, 0.1) is 11.6 Å². The van der Waals surface area contributed by atoms with E-state index in [1.54, 1.807) is 0 Å². The molecule has 0 radical (unpaired) electrons. The average molecular weight is 887 g/mol. The van der Waals surface area contributed by atoms with Gasteiger partial charge in [0.2, 0.25) is 0 Å². The number of hydrogen-bond acceptors (Lipinski definition) is 4. The van der Waals surface area contributed by atoms with Crippen molar-refractivity contribution in [3.63, 3.8) is 0 Å². The molecule has 2 aromatic heterocycles. The first-order chi connectivity index (χ1) is 25.9. The number of benzene rings is 5. The number of rotatable bonds is 6. The summed E-state index contributed by atoms with van der Waals surface area (Å²) in [6, 6.07) is 45.7. The van der Waals surface area contributed by atoms with Gasteiger partial charge >= 0.3 is 21.1 Å². The van der Waals surface area contributed by atoms with Crippen LogP contribution in [-0.2, 0) is 31.2 Å². The Labute approximate surface area is 331 Å². The molecule has 1 aliphatic carbocycles. The second-order valence-electron chi connectivity index (χ2n) is 15.5. The number of para-hydroxylation sites is 1. The van der Waals surface area contributed by atoms with Gasteiger partial charge in [0.1, 0.15) is 17.6 Å². The molecule has 4 heterocycles. The van der Waals surface area contributed by atoms with E-state index >= 15 is 0 Å². The zero-order valence-electron chi connectivity index (χ0n) is 30.7. The molecule has 3 aliphatic rings. The van der Waals surface area contributed by atoms with Gasteiger partial charge < -0.3 is 14.0 Å². The van der Waals surface area contributed by atoms with Gasteiger partial charge in [0, 0.05) is 28.5 Å². The van der Waals surface area contributed by atoms with Gasteiger partial charge in [-0.3, -0.25) is 4.99 Å². The predicted octanol–water partition coefficient (Wildman–Crippen LogP) is 11.7. The van der Waals surface area contributed by atoms with Gasteiger partial charge in [-0.15, -0.1) is 23.3 Å². The van der Waals surface area contributed by atoms with Crippen LogP contribution < -0.4 is 4.74 Å². The molecular formula is C48H41N3O2Pt. The van der Waals surface area contributed by atoms with Crippen LogP contribution in [0.4, 0.5) is 0 Å². The smallest absolute Gasteiger partial charge is 0.510 e. The van der Waals surface area contributed by atoms with Crippen molar-refractivity contribution in [2.45, 2.75) is 70.4 Å². The maximum absolute atomic E-state index is 6.88. The third-order valence-electron chi connectivity index (χ3n) is 11.8. The third-order valence-corrected chi connectivity index (χ3v) is 11.8. The van der Waals surface area contributed by atoms with E-state index in [4.69, 9.17) is 19.5 Å². The number of ether oxygens (including phenoxy) is 2. The molecule has 0 saturated heterocycles. The SMILES string of the molecule is Cc1cc2c([c-]c1Oc1[c-]c(C3=N[C@H](C4CCCCC4)[C@@H](c4ccccc4)O3)cc(-c3ccccc3)c1)-n1c3ncccc3c3cccc(c31)C2(C)C.[Pt+2]. The van der Waals surface area contributed by atoms with Crippen molar-refractivity contribution in [2.75, 3.05) is 0 Å². The molecule has 0 unspecified atom stereocenters. The quantitative estimate of drug-likeness (QED) is 0.156. The van der Waals surface area contributed by atoms with Gasteiger partial charge in [-0.2, -0.15) is 6.07 Å². The van der Waals surface area contributed by atoms with Gasteiger partial charge in [0.25, 0.3) is 0 Å². The van der Waals surface area contributed by atoms with E-state index < -0.39 is 0 Å². The maximum atomic E-state index is 6.88. The second-order valence-corrected chi connectivity index (χ2v) is 15.5. The van der Waals surface area contributed by atoms with Crippen molar-refractivity contribution in [3.8, 4) is 28.3 Å². The van der Waals surface area contributed by atoms with Crippen LogP contribution in [0.3, 0.4) is 0 Å². The number of pyridine rings is 1. The number of hydrogen-bond donors (Lipinski definition) is 0. The van der Waals surface area contributed by atoms with E-state index in [2.05, 4.69) is 135 Å². The van der Waals surface area contributed by atoms with Crippen molar-refractivity contribution >= 4 is 27.8 Å². The summed E-state index contributed by atoms with van der Waals surface area (Å²) in [6.07, 6.45) is 7.91. The van der Waals surface area contributed by atoms with E-state index in [1.807, 2.05) is 18.3 Å². The minimum absolute atomic E-state index is 0. The van der Waals surface area contributed by atoms with Crippen molar-refractivity contribution < 1.29 is 30.5 Å². The molecule has 0 bridgehead atoms. The minimum atomic E-state index is -0.242. The molecule has 270 valence electrons. The Morgan fingerprint density at radius 2 is 1.54 bits per heavy atom. The maximum Gasteiger partial charge on any atom is 2.00 e. The Morgan fingerprint density at radius 1 is 0.778 bits per heavy atom. The molecule has 2 aliphatic heterocycles.